The number of rotatable bonds is 4. The molecule has 180 valence electrons. The van der Waals surface area contributed by atoms with Crippen molar-refractivity contribution in [2.75, 3.05) is 23.3 Å². The fourth-order valence-electron chi connectivity index (χ4n) is 3.37. The minimum atomic E-state index is -4.84. The minimum Gasteiger partial charge on any atom is -0.371 e. The fourth-order valence-corrected chi connectivity index (χ4v) is 4.14. The van der Waals surface area contributed by atoms with Gasteiger partial charge in [0.1, 0.15) is 0 Å². The zero-order valence-corrected chi connectivity index (χ0v) is 18.4. The molecule has 14 heteroatoms. The summed E-state index contributed by atoms with van der Waals surface area (Å²) in [5, 5.41) is 6.07. The molecule has 1 aliphatic rings. The van der Waals surface area contributed by atoms with Crippen LogP contribution in [0.15, 0.2) is 35.5 Å². The molecule has 0 saturated carbocycles. The molecule has 0 bridgehead atoms. The quantitative estimate of drug-likeness (QED) is 0.595. The number of alkyl halides is 5. The van der Waals surface area contributed by atoms with Crippen molar-refractivity contribution in [2.24, 2.45) is 5.14 Å². The highest BCUT2D eigenvalue weighted by molar-refractivity contribution is 7.89. The van der Waals surface area contributed by atoms with Crippen LogP contribution in [0.3, 0.4) is 0 Å². The van der Waals surface area contributed by atoms with Crippen molar-refractivity contribution in [3.8, 4) is 0 Å². The second-order valence-corrected chi connectivity index (χ2v) is 9.34. The van der Waals surface area contributed by atoms with E-state index < -0.39 is 56.5 Å². The van der Waals surface area contributed by atoms with Gasteiger partial charge in [-0.1, -0.05) is 11.6 Å². The largest absolute Gasteiger partial charge is 0.417 e. The normalized spacial score (nSPS) is 16.9. The monoisotopic (exact) mass is 512 g/mol. The Hall–Kier alpha value is -2.51. The molecule has 0 aliphatic carbocycles. The minimum absolute atomic E-state index is 0.000110. The van der Waals surface area contributed by atoms with E-state index in [2.05, 4.69) is 10.3 Å². The van der Waals surface area contributed by atoms with E-state index in [1.54, 1.807) is 0 Å². The Kier molecular flexibility index (Phi) is 6.87. The van der Waals surface area contributed by atoms with E-state index in [0.717, 1.165) is 18.3 Å². The molecule has 1 aromatic heterocycles. The molecule has 1 amide bonds. The molecule has 1 aliphatic heterocycles. The summed E-state index contributed by atoms with van der Waals surface area (Å²) in [4.78, 5) is 17.8. The predicted molar refractivity (Wildman–Crippen MR) is 111 cm³/mol. The van der Waals surface area contributed by atoms with Gasteiger partial charge in [0.15, 0.2) is 5.03 Å². The van der Waals surface area contributed by atoms with E-state index in [9.17, 15) is 35.2 Å². The van der Waals surface area contributed by atoms with E-state index in [-0.39, 0.29) is 36.4 Å². The molecule has 1 aromatic carbocycles. The van der Waals surface area contributed by atoms with Gasteiger partial charge in [-0.2, -0.15) is 13.2 Å². The number of hydrogen-bond acceptors (Lipinski definition) is 5. The summed E-state index contributed by atoms with van der Waals surface area (Å²) in [6.45, 7) is -0.281. The van der Waals surface area contributed by atoms with E-state index in [4.69, 9.17) is 16.7 Å². The van der Waals surface area contributed by atoms with Gasteiger partial charge in [-0.3, -0.25) is 4.79 Å². The number of carbonyl (C=O) groups excluding carboxylic acids is 1. The molecule has 2 aromatic rings. The van der Waals surface area contributed by atoms with Gasteiger partial charge in [-0.05, 0) is 24.6 Å². The summed E-state index contributed by atoms with van der Waals surface area (Å²) in [5.41, 5.74) is -1.79. The number of benzene rings is 1. The lowest BCUT2D eigenvalue weighted by atomic mass is 10.1. The molecular weight excluding hydrogens is 495 g/mol. The first-order valence-corrected chi connectivity index (χ1v) is 11.4. The number of halogens is 6. The van der Waals surface area contributed by atoms with Gasteiger partial charge < -0.3 is 10.2 Å². The van der Waals surface area contributed by atoms with Crippen LogP contribution < -0.4 is 15.4 Å². The summed E-state index contributed by atoms with van der Waals surface area (Å²) in [6.07, 6.45) is -4.81. The Morgan fingerprint density at radius 1 is 1.18 bits per heavy atom. The summed E-state index contributed by atoms with van der Waals surface area (Å²) in [5.74, 6) is -3.90. The van der Waals surface area contributed by atoms with Crippen LogP contribution in [0.5, 0.6) is 0 Å². The highest BCUT2D eigenvalue weighted by atomic mass is 35.5. The summed E-state index contributed by atoms with van der Waals surface area (Å²) >= 11 is 5.79. The van der Waals surface area contributed by atoms with Gasteiger partial charge in [0.2, 0.25) is 5.92 Å². The zero-order valence-electron chi connectivity index (χ0n) is 16.8. The zero-order chi connectivity index (χ0) is 24.6. The summed E-state index contributed by atoms with van der Waals surface area (Å²) < 4.78 is 90.8. The first kappa shape index (κ1) is 25.1. The van der Waals surface area contributed by atoms with E-state index in [1.165, 1.54) is 11.0 Å². The summed E-state index contributed by atoms with van der Waals surface area (Å²) in [6, 6.07) is 3.67. The average molecular weight is 513 g/mol. The predicted octanol–water partition coefficient (Wildman–Crippen LogP) is 4.28. The lowest BCUT2D eigenvalue weighted by Crippen LogP contribution is -2.29. The molecule has 1 fully saturated rings. The maximum atomic E-state index is 13.8. The molecule has 3 N–H and O–H groups in total. The third-order valence-corrected chi connectivity index (χ3v) is 6.10. The number of sulfonamides is 1. The molecule has 2 heterocycles. The molecule has 3 rings (SSSR count). The van der Waals surface area contributed by atoms with E-state index in [1.807, 2.05) is 0 Å². The Labute approximate surface area is 190 Å². The van der Waals surface area contributed by atoms with Crippen molar-refractivity contribution < 1.29 is 35.2 Å². The number of nitrogens with two attached hydrogens (primary N) is 1. The van der Waals surface area contributed by atoms with Crippen molar-refractivity contribution in [1.29, 1.82) is 0 Å². The standard InChI is InChI=1S/C19H18ClF5N4O3S/c20-14-9-12(17(30)28-11-2-5-27-16(8-11)33(26,31)32)15(10-13(14)19(23,24)25)29-6-1-3-18(21,22)4-7-29/h2,5,8-10H,1,3-4,6-7H2,(H2,26,31,32)(H,27,28,30). The van der Waals surface area contributed by atoms with Crippen LogP contribution >= 0.6 is 11.6 Å². The van der Waals surface area contributed by atoms with Crippen molar-refractivity contribution in [3.05, 3.63) is 46.6 Å². The average Bonchev–Trinajstić information content (AvgIpc) is 2.87. The first-order valence-electron chi connectivity index (χ1n) is 9.51. The first-order chi connectivity index (χ1) is 15.2. The third kappa shape index (κ3) is 6.09. The lowest BCUT2D eigenvalue weighted by molar-refractivity contribution is -0.137. The third-order valence-electron chi connectivity index (χ3n) is 4.98. The number of primary sulfonamides is 1. The van der Waals surface area contributed by atoms with Gasteiger partial charge in [-0.25, -0.2) is 27.3 Å². The van der Waals surface area contributed by atoms with Crippen LogP contribution in [0.4, 0.5) is 33.3 Å². The number of amides is 1. The lowest BCUT2D eigenvalue weighted by Gasteiger charge is -2.27. The molecule has 0 unspecified atom stereocenters. The van der Waals surface area contributed by atoms with Gasteiger partial charge in [0.05, 0.1) is 21.8 Å². The smallest absolute Gasteiger partial charge is 0.371 e. The Morgan fingerprint density at radius 3 is 2.52 bits per heavy atom. The molecule has 0 spiro atoms. The number of nitrogens with one attached hydrogen (secondary N) is 1. The van der Waals surface area contributed by atoms with Gasteiger partial charge in [0.25, 0.3) is 15.9 Å². The summed E-state index contributed by atoms with van der Waals surface area (Å²) in [7, 11) is -4.18. The van der Waals surface area contributed by atoms with Crippen LogP contribution in [-0.2, 0) is 16.2 Å². The molecular formula is C19H18ClF5N4O3S. The second-order valence-electron chi connectivity index (χ2n) is 7.43. The highest BCUT2D eigenvalue weighted by Gasteiger charge is 2.37. The van der Waals surface area contributed by atoms with E-state index >= 15 is 0 Å². The van der Waals surface area contributed by atoms with Crippen LogP contribution in [-0.4, -0.2) is 38.3 Å². The number of carbonyl (C=O) groups is 1. The highest BCUT2D eigenvalue weighted by Crippen LogP contribution is 2.40. The number of pyridine rings is 1. The second kappa shape index (κ2) is 9.03. The van der Waals surface area contributed by atoms with Crippen LogP contribution in [0.25, 0.3) is 0 Å². The topological polar surface area (TPSA) is 105 Å². The van der Waals surface area contributed by atoms with Crippen LogP contribution in [0.2, 0.25) is 5.02 Å². The SMILES string of the molecule is NS(=O)(=O)c1cc(NC(=O)c2cc(Cl)c(C(F)(F)F)cc2N2CCCC(F)(F)CC2)ccn1. The molecule has 7 nitrogen and oxygen atoms in total. The Morgan fingerprint density at radius 2 is 1.88 bits per heavy atom. The van der Waals surface area contributed by atoms with Gasteiger partial charge >= 0.3 is 6.18 Å². The van der Waals surface area contributed by atoms with Crippen LogP contribution in [0, 0.1) is 0 Å². The molecule has 0 atom stereocenters. The maximum absolute atomic E-state index is 13.8. The number of nitrogens with zero attached hydrogens (tertiary/aromatic N) is 2. The van der Waals surface area contributed by atoms with Crippen molar-refractivity contribution in [1.82, 2.24) is 4.98 Å². The van der Waals surface area contributed by atoms with Crippen molar-refractivity contribution in [3.63, 3.8) is 0 Å². The van der Waals surface area contributed by atoms with Gasteiger partial charge in [0, 0.05) is 43.9 Å². The van der Waals surface area contributed by atoms with Crippen LogP contribution in [0.1, 0.15) is 35.2 Å². The number of aromatic nitrogens is 1. The van der Waals surface area contributed by atoms with Crippen molar-refractivity contribution in [2.45, 2.75) is 36.4 Å². The Bertz CT molecular complexity index is 1170. The fraction of sp³-hybridized carbons (Fsp3) is 0.368. The van der Waals surface area contributed by atoms with E-state index in [0.29, 0.717) is 6.07 Å². The van der Waals surface area contributed by atoms with Gasteiger partial charge in [-0.15, -0.1) is 0 Å². The molecule has 0 radical (unpaired) electrons. The Balaban J connectivity index is 2.03. The molecule has 33 heavy (non-hydrogen) atoms. The van der Waals surface area contributed by atoms with Crippen molar-refractivity contribution >= 4 is 38.9 Å². The maximum Gasteiger partial charge on any atom is 0.417 e. The molecule has 1 saturated heterocycles. The number of hydrogen-bond donors (Lipinski definition) is 2. The number of anilines is 2.